The van der Waals surface area contributed by atoms with Gasteiger partial charge in [-0.3, -0.25) is 9.78 Å². The van der Waals surface area contributed by atoms with Crippen molar-refractivity contribution in [3.63, 3.8) is 0 Å². The van der Waals surface area contributed by atoms with Gasteiger partial charge in [-0.15, -0.1) is 10.2 Å². The summed E-state index contributed by atoms with van der Waals surface area (Å²) in [5.74, 6) is 0.491. The number of rotatable bonds is 4. The SMILES string of the molecule is Cc1ccc(-c2nnn(CC(=O)N3CCNCC3c3cccnc3)n2)cc1. The zero-order chi connectivity index (χ0) is 18.6. The molecular formula is C19H21N7O. The Labute approximate surface area is 157 Å². The Kier molecular flexibility index (Phi) is 4.88. The monoisotopic (exact) mass is 363 g/mol. The first kappa shape index (κ1) is 17.3. The molecule has 1 unspecified atom stereocenters. The highest BCUT2D eigenvalue weighted by Gasteiger charge is 2.28. The summed E-state index contributed by atoms with van der Waals surface area (Å²) in [4.78, 5) is 20.3. The van der Waals surface area contributed by atoms with Crippen LogP contribution in [0.1, 0.15) is 17.2 Å². The van der Waals surface area contributed by atoms with Crippen molar-refractivity contribution in [3.05, 3.63) is 59.9 Å². The van der Waals surface area contributed by atoms with Gasteiger partial charge in [0, 0.05) is 37.6 Å². The van der Waals surface area contributed by atoms with Gasteiger partial charge in [0.15, 0.2) is 0 Å². The summed E-state index contributed by atoms with van der Waals surface area (Å²) >= 11 is 0. The number of aromatic nitrogens is 5. The fraction of sp³-hybridized carbons (Fsp3) is 0.316. The van der Waals surface area contributed by atoms with Crippen LogP contribution >= 0.6 is 0 Å². The van der Waals surface area contributed by atoms with Gasteiger partial charge in [-0.2, -0.15) is 4.80 Å². The van der Waals surface area contributed by atoms with Crippen molar-refractivity contribution >= 4 is 5.91 Å². The molecule has 1 atom stereocenters. The number of carbonyl (C=O) groups excluding carboxylic acids is 1. The predicted molar refractivity (Wildman–Crippen MR) is 99.6 cm³/mol. The summed E-state index contributed by atoms with van der Waals surface area (Å²) in [7, 11) is 0. The number of hydrogen-bond donors (Lipinski definition) is 1. The van der Waals surface area contributed by atoms with Gasteiger partial charge in [-0.05, 0) is 23.8 Å². The molecule has 1 aromatic carbocycles. The largest absolute Gasteiger partial charge is 0.331 e. The Bertz CT molecular complexity index is 907. The second-order valence-electron chi connectivity index (χ2n) is 6.60. The number of amides is 1. The number of tetrazole rings is 1. The first-order chi connectivity index (χ1) is 13.2. The second kappa shape index (κ2) is 7.63. The molecule has 27 heavy (non-hydrogen) atoms. The number of carbonyl (C=O) groups is 1. The summed E-state index contributed by atoms with van der Waals surface area (Å²) in [6, 6.07) is 11.7. The van der Waals surface area contributed by atoms with Crippen molar-refractivity contribution in [2.45, 2.75) is 19.5 Å². The van der Waals surface area contributed by atoms with Crippen LogP contribution in [0.5, 0.6) is 0 Å². The molecule has 1 saturated heterocycles. The van der Waals surface area contributed by atoms with Crippen molar-refractivity contribution in [3.8, 4) is 11.4 Å². The van der Waals surface area contributed by atoms with Crippen LogP contribution in [0.15, 0.2) is 48.8 Å². The Morgan fingerprint density at radius 2 is 2.11 bits per heavy atom. The van der Waals surface area contributed by atoms with Crippen LogP contribution in [0.3, 0.4) is 0 Å². The van der Waals surface area contributed by atoms with Crippen LogP contribution < -0.4 is 5.32 Å². The third-order valence-corrected chi connectivity index (χ3v) is 4.67. The molecule has 0 bridgehead atoms. The van der Waals surface area contributed by atoms with E-state index in [1.807, 2.05) is 48.2 Å². The molecule has 138 valence electrons. The van der Waals surface area contributed by atoms with Crippen LogP contribution in [0, 0.1) is 6.92 Å². The minimum absolute atomic E-state index is 0.0294. The van der Waals surface area contributed by atoms with Gasteiger partial charge in [0.05, 0.1) is 6.04 Å². The third kappa shape index (κ3) is 3.85. The molecular weight excluding hydrogens is 342 g/mol. The Balaban J connectivity index is 1.49. The minimum atomic E-state index is -0.0416. The average Bonchev–Trinajstić information content (AvgIpc) is 3.17. The molecule has 1 N–H and O–H groups in total. The van der Waals surface area contributed by atoms with Crippen LogP contribution in [0.25, 0.3) is 11.4 Å². The standard InChI is InChI=1S/C19H21N7O/c1-14-4-6-15(7-5-14)19-22-24-26(23-19)13-18(27)25-10-9-21-12-17(25)16-3-2-8-20-11-16/h2-8,11,17,21H,9-10,12-13H2,1H3. The maximum Gasteiger partial charge on any atom is 0.246 e. The molecule has 8 nitrogen and oxygen atoms in total. The Morgan fingerprint density at radius 1 is 1.26 bits per heavy atom. The number of nitrogens with one attached hydrogen (secondary N) is 1. The smallest absolute Gasteiger partial charge is 0.246 e. The van der Waals surface area contributed by atoms with Crippen LogP contribution in [0.4, 0.5) is 0 Å². The number of hydrogen-bond acceptors (Lipinski definition) is 6. The minimum Gasteiger partial charge on any atom is -0.331 e. The van der Waals surface area contributed by atoms with E-state index in [2.05, 4.69) is 25.7 Å². The van der Waals surface area contributed by atoms with Gasteiger partial charge in [0.1, 0.15) is 6.54 Å². The van der Waals surface area contributed by atoms with E-state index in [0.29, 0.717) is 18.9 Å². The van der Waals surface area contributed by atoms with Crippen LogP contribution in [0.2, 0.25) is 0 Å². The number of piperazine rings is 1. The van der Waals surface area contributed by atoms with Crippen molar-refractivity contribution in [1.29, 1.82) is 0 Å². The molecule has 1 aliphatic heterocycles. The lowest BCUT2D eigenvalue weighted by Gasteiger charge is -2.36. The molecule has 1 amide bonds. The maximum atomic E-state index is 12.9. The molecule has 2 aromatic heterocycles. The lowest BCUT2D eigenvalue weighted by molar-refractivity contribution is -0.135. The lowest BCUT2D eigenvalue weighted by Crippen LogP contribution is -2.49. The highest BCUT2D eigenvalue weighted by Crippen LogP contribution is 2.22. The lowest BCUT2D eigenvalue weighted by atomic mass is 10.1. The Morgan fingerprint density at radius 3 is 2.89 bits per heavy atom. The molecule has 3 heterocycles. The second-order valence-corrected chi connectivity index (χ2v) is 6.60. The summed E-state index contributed by atoms with van der Waals surface area (Å²) in [6.07, 6.45) is 3.54. The van der Waals surface area contributed by atoms with Crippen molar-refractivity contribution < 1.29 is 4.79 Å². The first-order valence-corrected chi connectivity index (χ1v) is 8.95. The molecule has 1 fully saturated rings. The summed E-state index contributed by atoms with van der Waals surface area (Å²) < 4.78 is 0. The van der Waals surface area contributed by atoms with Gasteiger partial charge in [-0.25, -0.2) is 0 Å². The quantitative estimate of drug-likeness (QED) is 0.750. The normalized spacial score (nSPS) is 17.1. The van der Waals surface area contributed by atoms with E-state index >= 15 is 0 Å². The Hall–Kier alpha value is -3.13. The van der Waals surface area contributed by atoms with E-state index in [0.717, 1.165) is 17.7 Å². The predicted octanol–water partition coefficient (Wildman–Crippen LogP) is 1.22. The van der Waals surface area contributed by atoms with Gasteiger partial charge in [0.25, 0.3) is 0 Å². The van der Waals surface area contributed by atoms with Gasteiger partial charge < -0.3 is 10.2 Å². The van der Waals surface area contributed by atoms with Crippen LogP contribution in [-0.2, 0) is 11.3 Å². The van der Waals surface area contributed by atoms with Gasteiger partial charge in [-0.1, -0.05) is 35.9 Å². The molecule has 4 rings (SSSR count). The molecule has 0 aliphatic carbocycles. The zero-order valence-corrected chi connectivity index (χ0v) is 15.1. The third-order valence-electron chi connectivity index (χ3n) is 4.67. The molecule has 0 spiro atoms. The molecule has 3 aromatic rings. The number of aryl methyl sites for hydroxylation is 1. The summed E-state index contributed by atoms with van der Waals surface area (Å²) in [5, 5.41) is 15.8. The van der Waals surface area contributed by atoms with E-state index < -0.39 is 0 Å². The fourth-order valence-corrected chi connectivity index (χ4v) is 3.21. The van der Waals surface area contributed by atoms with Crippen LogP contribution in [-0.4, -0.2) is 55.6 Å². The van der Waals surface area contributed by atoms with E-state index in [9.17, 15) is 4.79 Å². The van der Waals surface area contributed by atoms with Crippen molar-refractivity contribution in [2.24, 2.45) is 0 Å². The van der Waals surface area contributed by atoms with Crippen molar-refractivity contribution in [2.75, 3.05) is 19.6 Å². The molecule has 0 saturated carbocycles. The topological polar surface area (TPSA) is 88.8 Å². The van der Waals surface area contributed by atoms with Crippen molar-refractivity contribution in [1.82, 2.24) is 35.4 Å². The van der Waals surface area contributed by atoms with E-state index in [1.165, 1.54) is 10.4 Å². The first-order valence-electron chi connectivity index (χ1n) is 8.95. The van der Waals surface area contributed by atoms with Gasteiger partial charge >= 0.3 is 0 Å². The highest BCUT2D eigenvalue weighted by molar-refractivity contribution is 5.76. The average molecular weight is 363 g/mol. The highest BCUT2D eigenvalue weighted by atomic mass is 16.2. The fourth-order valence-electron chi connectivity index (χ4n) is 3.21. The van der Waals surface area contributed by atoms with E-state index in [1.54, 1.807) is 12.4 Å². The number of benzene rings is 1. The maximum absolute atomic E-state index is 12.9. The van der Waals surface area contributed by atoms with E-state index in [-0.39, 0.29) is 18.5 Å². The number of nitrogens with zero attached hydrogens (tertiary/aromatic N) is 6. The molecule has 8 heteroatoms. The number of pyridine rings is 1. The molecule has 1 aliphatic rings. The van der Waals surface area contributed by atoms with E-state index in [4.69, 9.17) is 0 Å². The summed E-state index contributed by atoms with van der Waals surface area (Å²) in [5.41, 5.74) is 3.07. The summed E-state index contributed by atoms with van der Waals surface area (Å²) in [6.45, 7) is 4.20. The zero-order valence-electron chi connectivity index (χ0n) is 15.1. The molecule has 0 radical (unpaired) electrons. The van der Waals surface area contributed by atoms with Gasteiger partial charge in [0.2, 0.25) is 11.7 Å².